The molecule has 73 heavy (non-hydrogen) atoms. The molecule has 2 aliphatic heterocycles. The van der Waals surface area contributed by atoms with E-state index >= 15 is 0 Å². The average molecular weight is 1040 g/mol. The van der Waals surface area contributed by atoms with Crippen LogP contribution in [0.3, 0.4) is 0 Å². The summed E-state index contributed by atoms with van der Waals surface area (Å²) in [6.07, 6.45) is 17.9. The highest BCUT2D eigenvalue weighted by Gasteiger charge is 2.42. The first-order valence-corrected chi connectivity index (χ1v) is 29.4. The number of carboxylic acids is 1. The quantitative estimate of drug-likeness (QED) is 0.108. The maximum Gasteiger partial charge on any atom is 0.348 e. The Balaban J connectivity index is 0.897. The number of ether oxygens (including phenoxy) is 4. The highest BCUT2D eigenvalue weighted by molar-refractivity contribution is 7.15. The highest BCUT2D eigenvalue weighted by Crippen LogP contribution is 2.43. The van der Waals surface area contributed by atoms with E-state index in [0.29, 0.717) is 36.1 Å². The van der Waals surface area contributed by atoms with Crippen molar-refractivity contribution in [2.45, 2.75) is 221 Å². The lowest BCUT2D eigenvalue weighted by Crippen LogP contribution is -2.51. The molecule has 2 aromatic rings. The van der Waals surface area contributed by atoms with Crippen LogP contribution in [0.15, 0.2) is 35.4 Å². The molecule has 4 fully saturated rings. The van der Waals surface area contributed by atoms with E-state index in [1.165, 1.54) is 27.4 Å². The number of aliphatic hydroxyl groups is 1. The molecule has 0 radical (unpaired) electrons. The zero-order valence-electron chi connectivity index (χ0n) is 45.7. The zero-order chi connectivity index (χ0) is 52.2. The molecule has 6 aliphatic rings. The van der Waals surface area contributed by atoms with Crippen LogP contribution in [-0.4, -0.2) is 90.7 Å². The van der Waals surface area contributed by atoms with Gasteiger partial charge in [0.15, 0.2) is 0 Å². The predicted octanol–water partition coefficient (Wildman–Crippen LogP) is 13.1. The Morgan fingerprint density at radius 2 is 1.41 bits per heavy atom. The van der Waals surface area contributed by atoms with Crippen molar-refractivity contribution in [3.63, 3.8) is 0 Å². The van der Waals surface area contributed by atoms with E-state index in [4.69, 9.17) is 18.9 Å². The molecule has 10 nitrogen and oxygen atoms in total. The molecule has 8 rings (SSSR count). The number of carbonyl (C=O) groups excluding carboxylic acids is 1. The third kappa shape index (κ3) is 14.5. The average Bonchev–Trinajstić information content (AvgIpc) is 4.16. The number of aromatic carboxylic acids is 1. The van der Waals surface area contributed by atoms with Crippen molar-refractivity contribution >= 4 is 45.9 Å². The smallest absolute Gasteiger partial charge is 0.348 e. The number of aryl methyl sites for hydroxylation is 1. The summed E-state index contributed by atoms with van der Waals surface area (Å²) in [5.74, 6) is 13.3. The van der Waals surface area contributed by atoms with Crippen LogP contribution in [0.25, 0.3) is 0 Å². The third-order valence-corrected chi connectivity index (χ3v) is 18.5. The van der Waals surface area contributed by atoms with Gasteiger partial charge in [0.25, 0.3) is 0 Å². The number of hydrogen-bond acceptors (Lipinski definition) is 10. The molecule has 2 N–H and O–H groups in total. The van der Waals surface area contributed by atoms with Crippen molar-refractivity contribution in [3.05, 3.63) is 54.9 Å². The predicted molar refractivity (Wildman–Crippen MR) is 295 cm³/mol. The van der Waals surface area contributed by atoms with E-state index in [9.17, 15) is 19.8 Å². The van der Waals surface area contributed by atoms with Gasteiger partial charge in [0.2, 0.25) is 5.91 Å². The van der Waals surface area contributed by atoms with Crippen LogP contribution < -0.4 is 9.80 Å². The maximum atomic E-state index is 14.8. The van der Waals surface area contributed by atoms with Gasteiger partial charge in [0.1, 0.15) is 11.1 Å². The van der Waals surface area contributed by atoms with Crippen LogP contribution in [0, 0.1) is 65.1 Å². The van der Waals surface area contributed by atoms with E-state index in [2.05, 4.69) is 116 Å². The summed E-state index contributed by atoms with van der Waals surface area (Å²) >= 11 is 2.91. The second-order valence-electron chi connectivity index (χ2n) is 24.7. The van der Waals surface area contributed by atoms with E-state index in [1.807, 2.05) is 11.0 Å². The number of aliphatic hydroxyl groups excluding tert-OH is 1. The Morgan fingerprint density at radius 3 is 2.04 bits per heavy atom. The van der Waals surface area contributed by atoms with Crippen molar-refractivity contribution in [2.75, 3.05) is 29.6 Å². The monoisotopic (exact) mass is 1040 g/mol. The Kier molecular flexibility index (Phi) is 18.5. The van der Waals surface area contributed by atoms with Crippen LogP contribution in [0.1, 0.15) is 189 Å². The number of carbonyl (C=O) groups is 2. The van der Waals surface area contributed by atoms with Crippen molar-refractivity contribution < 1.29 is 38.7 Å². The molecule has 0 aromatic carbocycles. The lowest BCUT2D eigenvalue weighted by molar-refractivity contribution is -0.124. The summed E-state index contributed by atoms with van der Waals surface area (Å²) in [5.41, 5.74) is 4.06. The third-order valence-electron chi connectivity index (χ3n) is 16.6. The molecule has 4 heterocycles. The summed E-state index contributed by atoms with van der Waals surface area (Å²) in [6, 6.07) is 4.19. The van der Waals surface area contributed by atoms with E-state index < -0.39 is 17.6 Å². The minimum absolute atomic E-state index is 0.00855. The largest absolute Gasteiger partial charge is 0.477 e. The molecule has 2 saturated carbocycles. The summed E-state index contributed by atoms with van der Waals surface area (Å²) < 4.78 is 25.2. The van der Waals surface area contributed by atoms with Gasteiger partial charge in [-0.1, -0.05) is 81.6 Å². The Labute approximate surface area is 446 Å². The molecular weight excluding hydrogens is 953 g/mol. The molecule has 0 spiro atoms. The van der Waals surface area contributed by atoms with Gasteiger partial charge < -0.3 is 39.0 Å². The van der Waals surface area contributed by atoms with Crippen molar-refractivity contribution in [3.8, 4) is 23.7 Å². The Bertz CT molecular complexity index is 2420. The fourth-order valence-corrected chi connectivity index (χ4v) is 14.3. The van der Waals surface area contributed by atoms with Crippen molar-refractivity contribution in [1.29, 1.82) is 0 Å². The van der Waals surface area contributed by atoms with E-state index in [-0.39, 0.29) is 76.6 Å². The molecule has 8 atom stereocenters. The fourth-order valence-electron chi connectivity index (χ4n) is 12.6. The van der Waals surface area contributed by atoms with Gasteiger partial charge in [-0.15, -0.1) is 22.7 Å². The summed E-state index contributed by atoms with van der Waals surface area (Å²) in [6.45, 7) is 23.8. The second-order valence-corrected chi connectivity index (χ2v) is 27.0. The van der Waals surface area contributed by atoms with Gasteiger partial charge in [0.05, 0.1) is 64.9 Å². The number of amides is 1. The van der Waals surface area contributed by atoms with E-state index in [1.54, 1.807) is 11.3 Å². The van der Waals surface area contributed by atoms with Gasteiger partial charge >= 0.3 is 5.97 Å². The van der Waals surface area contributed by atoms with Crippen LogP contribution in [0.5, 0.6) is 0 Å². The minimum atomic E-state index is -1.03. The first-order chi connectivity index (χ1) is 34.7. The first kappa shape index (κ1) is 55.8. The normalized spacial score (nSPS) is 30.3. The first-order valence-electron chi connectivity index (χ1n) is 27.8. The fraction of sp³-hybridized carbons (Fsp3) is 0.705. The van der Waals surface area contributed by atoms with Gasteiger partial charge in [0, 0.05) is 53.7 Å². The maximum absolute atomic E-state index is 14.8. The van der Waals surface area contributed by atoms with Gasteiger partial charge in [-0.05, 0) is 154 Å². The molecular formula is C61H86N2O8S2. The molecule has 400 valence electrons. The zero-order valence-corrected chi connectivity index (χ0v) is 47.4. The number of rotatable bonds is 14. The van der Waals surface area contributed by atoms with Gasteiger partial charge in [-0.3, -0.25) is 4.79 Å². The number of anilines is 2. The van der Waals surface area contributed by atoms with Crippen LogP contribution in [0.2, 0.25) is 0 Å². The lowest BCUT2D eigenvalue weighted by atomic mass is 9.79. The topological polar surface area (TPSA) is 118 Å². The SMILES string of the molecule is CC1=CC[C@H](C(=O)N(c2cc(C#CC(C)(C)CC3C[C@@H](OC4CCC(N(c5cc(C#CCC(C)(C)C)sc5C)C(O)[C@@H]5CC=C(C)C[C@@H]5C)CC4)CO3)sc2C(=O)O)C2CCC(O[C@@H]3CCOC3)CC2)[C@@H](C)C1. The molecule has 12 heteroatoms. The summed E-state index contributed by atoms with van der Waals surface area (Å²) in [4.78, 5) is 35.1. The molecule has 2 unspecified atom stereocenters. The number of nitrogens with zero attached hydrogens (tertiary/aromatic N) is 2. The van der Waals surface area contributed by atoms with Crippen LogP contribution >= 0.6 is 22.7 Å². The Hall–Kier alpha value is -3.46. The van der Waals surface area contributed by atoms with Crippen LogP contribution in [-0.2, 0) is 23.7 Å². The number of thiophene rings is 2. The number of carboxylic acid groups (broad SMARTS) is 1. The summed E-state index contributed by atoms with van der Waals surface area (Å²) in [5, 5.41) is 23.0. The number of hydrogen-bond donors (Lipinski definition) is 2. The Morgan fingerprint density at radius 1 is 0.781 bits per heavy atom. The molecule has 1 amide bonds. The molecule has 4 aliphatic carbocycles. The highest BCUT2D eigenvalue weighted by atomic mass is 32.1. The van der Waals surface area contributed by atoms with Gasteiger partial charge in [-0.25, -0.2) is 4.79 Å². The standard InChI is InChI=1S/C61H86N2O8S2/c1-38-13-23-52(40(3)30-38)57(64)62(54-33-50(72-42(54)5)12-11-27-60(6,7)8)43-15-21-46(22-16-43)71-49-32-48(69-37-49)35-61(9,10)28-25-51-34-55(56(73-51)59(66)67)63(58(65)53-24-14-39(2)31-41(53)4)44-17-19-45(20-18-44)70-47-26-29-68-36-47/h13-14,33-34,40-41,43-49,52-53,57,64H,15-24,26-27,29-32,35-37H2,1-10H3,(H,66,67)/t40-,41-,43?,44?,45?,46?,47+,48?,49+,52+,53-,57?/m0/s1. The van der Waals surface area contributed by atoms with Gasteiger partial charge in [-0.2, -0.15) is 0 Å². The van der Waals surface area contributed by atoms with Crippen molar-refractivity contribution in [2.24, 2.45) is 34.5 Å². The van der Waals surface area contributed by atoms with E-state index in [0.717, 1.165) is 113 Å². The second kappa shape index (κ2) is 24.3. The van der Waals surface area contributed by atoms with Crippen molar-refractivity contribution in [1.82, 2.24) is 0 Å². The molecule has 0 bridgehead atoms. The lowest BCUT2D eigenvalue weighted by Gasteiger charge is -2.45. The minimum Gasteiger partial charge on any atom is -0.477 e. The summed E-state index contributed by atoms with van der Waals surface area (Å²) in [7, 11) is 0. The molecule has 2 saturated heterocycles. The number of allylic oxidation sites excluding steroid dienone is 4. The van der Waals surface area contributed by atoms with Crippen LogP contribution in [0.4, 0.5) is 11.4 Å². The molecule has 2 aromatic heterocycles.